The first-order valence-electron chi connectivity index (χ1n) is 4.22. The molecule has 5 heteroatoms. The van der Waals surface area contributed by atoms with Crippen molar-refractivity contribution in [3.8, 4) is 0 Å². The molecule has 0 atom stereocenters. The van der Waals surface area contributed by atoms with Gasteiger partial charge >= 0.3 is 78.6 Å². The summed E-state index contributed by atoms with van der Waals surface area (Å²) in [6, 6.07) is 7.20. The van der Waals surface area contributed by atoms with Crippen molar-refractivity contribution in [2.75, 3.05) is 6.61 Å². The fraction of sp³-hybridized carbons (Fsp3) is 0.300. The summed E-state index contributed by atoms with van der Waals surface area (Å²) in [7, 11) is 5.50. The van der Waals surface area contributed by atoms with Gasteiger partial charge in [0.1, 0.15) is 0 Å². The van der Waals surface area contributed by atoms with Crippen molar-refractivity contribution in [1.82, 2.24) is 0 Å². The van der Waals surface area contributed by atoms with Gasteiger partial charge in [-0.1, -0.05) is 0 Å². The molecular weight excluding hydrogens is 195 g/mol. The van der Waals surface area contributed by atoms with Gasteiger partial charge in [-0.15, -0.1) is 0 Å². The summed E-state index contributed by atoms with van der Waals surface area (Å²) in [6.07, 6.45) is 0.314. The van der Waals surface area contributed by atoms with Crippen molar-refractivity contribution in [3.05, 3.63) is 29.8 Å². The van der Waals surface area contributed by atoms with Crippen molar-refractivity contribution in [3.63, 3.8) is 0 Å². The molecule has 0 unspecified atom stereocenters. The minimum absolute atomic E-state index is 0. The summed E-state index contributed by atoms with van der Waals surface area (Å²) < 4.78 is 4.81. The molecule has 4 nitrogen and oxygen atoms in total. The third-order valence-electron chi connectivity index (χ3n) is 1.63. The molecule has 2 N–H and O–H groups in total. The number of benzene rings is 1. The minimum atomic E-state index is -0.202. The number of hydrogen-bond donors (Lipinski definition) is 0. The molecule has 0 aliphatic carbocycles. The Morgan fingerprint density at radius 2 is 1.80 bits per heavy atom. The van der Waals surface area contributed by atoms with Crippen LogP contribution in [-0.2, 0) is 16.0 Å². The maximum Gasteiger partial charge on any atom is -0.870 e. The van der Waals surface area contributed by atoms with E-state index in [0.29, 0.717) is 18.5 Å². The first-order valence-corrected chi connectivity index (χ1v) is 4.22. The minimum Gasteiger partial charge on any atom is -0.870 e. The van der Waals surface area contributed by atoms with E-state index >= 15 is 0 Å². The van der Waals surface area contributed by atoms with Crippen LogP contribution in [0.25, 0.3) is 0 Å². The van der Waals surface area contributed by atoms with Crippen molar-refractivity contribution in [1.29, 1.82) is 0 Å². The van der Waals surface area contributed by atoms with Crippen molar-refractivity contribution < 1.29 is 20.5 Å². The van der Waals surface area contributed by atoms with Crippen LogP contribution >= 0.6 is 0 Å². The summed E-state index contributed by atoms with van der Waals surface area (Å²) in [6.45, 7) is 2.22. The molecule has 0 fully saturated rings. The van der Waals surface area contributed by atoms with Gasteiger partial charge in [0.2, 0.25) is 0 Å². The molecule has 0 bridgehead atoms. The average Bonchev–Trinajstić information content (AvgIpc) is 2.09. The van der Waals surface area contributed by atoms with Gasteiger partial charge < -0.3 is 11.0 Å². The summed E-state index contributed by atoms with van der Waals surface area (Å²) in [4.78, 5) is 11.0. The Kier molecular flexibility index (Phi) is 8.62. The summed E-state index contributed by atoms with van der Waals surface area (Å²) in [5.74, 6) is -0.202. The Bertz CT molecular complexity index is 284. The van der Waals surface area contributed by atoms with Gasteiger partial charge in [0.05, 0.1) is 0 Å². The van der Waals surface area contributed by atoms with E-state index in [0.717, 1.165) is 5.56 Å². The first-order chi connectivity index (χ1) is 6.22. The predicted molar refractivity (Wildman–Crippen MR) is 56.0 cm³/mol. The topological polar surface area (TPSA) is 86.3 Å². The molecule has 0 amide bonds. The van der Waals surface area contributed by atoms with E-state index in [-0.39, 0.29) is 16.9 Å². The Hall–Kier alpha value is -1.33. The van der Waals surface area contributed by atoms with E-state index < -0.39 is 0 Å². The van der Waals surface area contributed by atoms with Gasteiger partial charge in [0, 0.05) is 0 Å². The Morgan fingerprint density at radius 1 is 1.27 bits per heavy atom. The monoisotopic (exact) mass is 208 g/mol. The van der Waals surface area contributed by atoms with Crippen molar-refractivity contribution in [2.24, 2.45) is 0 Å². The molecule has 0 aliphatic heterocycles. The summed E-state index contributed by atoms with van der Waals surface area (Å²) >= 11 is 0. The zero-order valence-electron chi connectivity index (χ0n) is 8.51. The summed E-state index contributed by atoms with van der Waals surface area (Å²) in [5.41, 5.74) is 1.63. The third kappa shape index (κ3) is 5.88. The van der Waals surface area contributed by atoms with Crippen LogP contribution in [0.15, 0.2) is 24.3 Å². The number of ether oxygens (including phenoxy) is 1. The molecule has 0 saturated carbocycles. The molecule has 0 heterocycles. The normalized spacial score (nSPS) is 8.47. The second-order valence-electron chi connectivity index (χ2n) is 2.72. The van der Waals surface area contributed by atoms with Gasteiger partial charge in [-0.25, -0.2) is 0 Å². The molecule has 0 radical (unpaired) electrons. The smallest absolute Gasteiger partial charge is 0.870 e. The van der Waals surface area contributed by atoms with E-state index in [9.17, 15) is 4.79 Å². The van der Waals surface area contributed by atoms with Crippen LogP contribution in [0.2, 0.25) is 0 Å². The van der Waals surface area contributed by atoms with E-state index in [1.165, 1.54) is 0 Å². The summed E-state index contributed by atoms with van der Waals surface area (Å²) in [5, 5.41) is 0. The Morgan fingerprint density at radius 3 is 2.27 bits per heavy atom. The third-order valence-corrected chi connectivity index (χ3v) is 1.63. The molecule has 15 heavy (non-hydrogen) atoms. The number of rotatable bonds is 3. The van der Waals surface area contributed by atoms with Crippen LogP contribution in [0, 0.1) is 0 Å². The fourth-order valence-electron chi connectivity index (χ4n) is 1.01. The average molecular weight is 208 g/mol. The van der Waals surface area contributed by atoms with Crippen LogP contribution in [-0.4, -0.2) is 31.4 Å². The molecule has 0 aliphatic rings. The second kappa shape index (κ2) is 8.02. The van der Waals surface area contributed by atoms with Crippen LogP contribution in [0.3, 0.4) is 0 Å². The molecule has 1 aromatic carbocycles. The van der Waals surface area contributed by atoms with Crippen LogP contribution in [0.1, 0.15) is 12.5 Å². The SMILES string of the molecule is [B+2]c1ccc(CC(=O)OCC)cc1.[OH-].[OH-]. The maximum atomic E-state index is 11.0. The molecule has 0 aromatic heterocycles. The van der Waals surface area contributed by atoms with Crippen molar-refractivity contribution >= 4 is 19.3 Å². The Labute approximate surface area is 90.3 Å². The van der Waals surface area contributed by atoms with E-state index in [4.69, 9.17) is 12.6 Å². The van der Waals surface area contributed by atoms with Crippen LogP contribution < -0.4 is 5.46 Å². The molecule has 80 valence electrons. The standard InChI is InChI=1S/C10H11BO2.2H2O/c1-2-13-10(12)7-8-3-5-9(11)6-4-8;;/h3-6H,2,7H2,1H3;2*1H2/q+2;;/p-2. The fourth-order valence-corrected chi connectivity index (χ4v) is 1.01. The Balaban J connectivity index is 0. The van der Waals surface area contributed by atoms with Crippen LogP contribution in [0.4, 0.5) is 0 Å². The van der Waals surface area contributed by atoms with E-state index in [1.807, 2.05) is 12.1 Å². The van der Waals surface area contributed by atoms with E-state index in [1.54, 1.807) is 19.1 Å². The predicted octanol–water partition coefficient (Wildman–Crippen LogP) is 0.232. The van der Waals surface area contributed by atoms with Gasteiger partial charge in [-0.2, -0.15) is 0 Å². The van der Waals surface area contributed by atoms with Crippen molar-refractivity contribution in [2.45, 2.75) is 13.3 Å². The van der Waals surface area contributed by atoms with Gasteiger partial charge in [-0.3, -0.25) is 0 Å². The molecule has 0 spiro atoms. The largest absolute Gasteiger partial charge is 0.870 e. The van der Waals surface area contributed by atoms with Gasteiger partial charge in [0.15, 0.2) is 0 Å². The quantitative estimate of drug-likeness (QED) is 0.525. The molecule has 0 saturated heterocycles. The maximum absolute atomic E-state index is 11.0. The second-order valence-corrected chi connectivity index (χ2v) is 2.72. The van der Waals surface area contributed by atoms with Crippen LogP contribution in [0.5, 0.6) is 0 Å². The zero-order chi connectivity index (χ0) is 9.68. The zero-order valence-corrected chi connectivity index (χ0v) is 8.51. The molecule has 1 rings (SSSR count). The number of carbonyl (C=O) groups is 1. The number of hydrogen-bond acceptors (Lipinski definition) is 4. The number of esters is 1. The van der Waals surface area contributed by atoms with Gasteiger partial charge in [0.25, 0.3) is 0 Å². The van der Waals surface area contributed by atoms with Gasteiger partial charge in [-0.05, 0) is 0 Å². The first kappa shape index (κ1) is 16.1. The molecular formula is C10H13BO4. The van der Waals surface area contributed by atoms with E-state index in [2.05, 4.69) is 0 Å². The molecule has 1 aromatic rings. The number of carbonyl (C=O) groups excluding carboxylic acids is 1.